The summed E-state index contributed by atoms with van der Waals surface area (Å²) in [5.74, 6) is 1.41. The number of hydrogen-bond donors (Lipinski definition) is 1. The number of halogens is 1. The Bertz CT molecular complexity index is 488. The molecule has 3 nitrogen and oxygen atoms in total. The Morgan fingerprint density at radius 2 is 1.78 bits per heavy atom. The molecule has 0 aliphatic carbocycles. The molecule has 0 heterocycles. The molecule has 0 aliphatic heterocycles. The van der Waals surface area contributed by atoms with E-state index < -0.39 is 0 Å². The SMILES string of the molecule is COc1ccc(OCc2ccccc2)c(N)c1.Cl. The van der Waals surface area contributed by atoms with Gasteiger partial charge >= 0.3 is 0 Å². The number of hydrogen-bond acceptors (Lipinski definition) is 3. The van der Waals surface area contributed by atoms with E-state index >= 15 is 0 Å². The molecule has 0 spiro atoms. The van der Waals surface area contributed by atoms with Crippen LogP contribution in [0.4, 0.5) is 5.69 Å². The summed E-state index contributed by atoms with van der Waals surface area (Å²) in [6.45, 7) is 0.511. The van der Waals surface area contributed by atoms with E-state index in [1.807, 2.05) is 42.5 Å². The minimum atomic E-state index is 0. The molecule has 2 rings (SSSR count). The molecule has 0 saturated carbocycles. The molecule has 2 N–H and O–H groups in total. The third-order valence-corrected chi connectivity index (χ3v) is 2.45. The standard InChI is InChI=1S/C14H15NO2.ClH/c1-16-12-7-8-14(13(15)9-12)17-10-11-5-3-2-4-6-11;/h2-9H,10,15H2,1H3;1H. The van der Waals surface area contributed by atoms with Crippen molar-refractivity contribution >= 4 is 18.1 Å². The molecule has 0 amide bonds. The van der Waals surface area contributed by atoms with Crippen LogP contribution in [-0.4, -0.2) is 7.11 Å². The summed E-state index contributed by atoms with van der Waals surface area (Å²) in [5.41, 5.74) is 7.55. The van der Waals surface area contributed by atoms with Crippen molar-refractivity contribution in [2.24, 2.45) is 0 Å². The third kappa shape index (κ3) is 3.57. The summed E-state index contributed by atoms with van der Waals surface area (Å²) < 4.78 is 10.7. The van der Waals surface area contributed by atoms with Crippen LogP contribution in [0.25, 0.3) is 0 Å². The first kappa shape index (κ1) is 14.2. The zero-order valence-electron chi connectivity index (χ0n) is 10.1. The first-order chi connectivity index (χ1) is 8.29. The first-order valence-electron chi connectivity index (χ1n) is 5.40. The van der Waals surface area contributed by atoms with Gasteiger partial charge in [0.2, 0.25) is 0 Å². The fourth-order valence-electron chi connectivity index (χ4n) is 1.52. The fourth-order valence-corrected chi connectivity index (χ4v) is 1.52. The van der Waals surface area contributed by atoms with Crippen molar-refractivity contribution in [3.8, 4) is 11.5 Å². The molecule has 4 heteroatoms. The highest BCUT2D eigenvalue weighted by atomic mass is 35.5. The van der Waals surface area contributed by atoms with Gasteiger partial charge in [0.15, 0.2) is 0 Å². The molecule has 0 bridgehead atoms. The Hall–Kier alpha value is -1.87. The number of methoxy groups -OCH3 is 1. The maximum Gasteiger partial charge on any atom is 0.142 e. The van der Waals surface area contributed by atoms with Gasteiger partial charge in [0, 0.05) is 6.07 Å². The Kier molecular flexibility index (Phi) is 5.33. The predicted molar refractivity (Wildman–Crippen MR) is 75.4 cm³/mol. The topological polar surface area (TPSA) is 44.5 Å². The van der Waals surface area contributed by atoms with Crippen LogP contribution in [0, 0.1) is 0 Å². The van der Waals surface area contributed by atoms with E-state index in [-0.39, 0.29) is 12.4 Å². The maximum atomic E-state index is 5.86. The van der Waals surface area contributed by atoms with Gasteiger partial charge in [-0.05, 0) is 17.7 Å². The highest BCUT2D eigenvalue weighted by Gasteiger charge is 2.02. The van der Waals surface area contributed by atoms with Gasteiger partial charge in [-0.25, -0.2) is 0 Å². The van der Waals surface area contributed by atoms with Crippen LogP contribution in [0.1, 0.15) is 5.56 Å². The second-order valence-corrected chi connectivity index (χ2v) is 3.68. The Balaban J connectivity index is 0.00000162. The van der Waals surface area contributed by atoms with E-state index in [0.717, 1.165) is 11.3 Å². The number of benzene rings is 2. The van der Waals surface area contributed by atoms with Crippen molar-refractivity contribution in [1.29, 1.82) is 0 Å². The van der Waals surface area contributed by atoms with Crippen LogP contribution in [-0.2, 0) is 6.61 Å². The highest BCUT2D eigenvalue weighted by molar-refractivity contribution is 5.85. The van der Waals surface area contributed by atoms with Gasteiger partial charge in [0.05, 0.1) is 12.8 Å². The van der Waals surface area contributed by atoms with Gasteiger partial charge in [-0.15, -0.1) is 12.4 Å². The average molecular weight is 266 g/mol. The van der Waals surface area contributed by atoms with Crippen molar-refractivity contribution in [1.82, 2.24) is 0 Å². The van der Waals surface area contributed by atoms with Gasteiger partial charge in [0.25, 0.3) is 0 Å². The van der Waals surface area contributed by atoms with E-state index in [1.165, 1.54) is 0 Å². The molecular formula is C14H16ClNO2. The number of ether oxygens (including phenoxy) is 2. The summed E-state index contributed by atoms with van der Waals surface area (Å²) >= 11 is 0. The molecule has 96 valence electrons. The second-order valence-electron chi connectivity index (χ2n) is 3.68. The first-order valence-corrected chi connectivity index (χ1v) is 5.40. The number of nitrogen functional groups attached to an aromatic ring is 1. The van der Waals surface area contributed by atoms with Crippen LogP contribution >= 0.6 is 12.4 Å². The van der Waals surface area contributed by atoms with E-state index in [9.17, 15) is 0 Å². The van der Waals surface area contributed by atoms with E-state index in [2.05, 4.69) is 0 Å². The van der Waals surface area contributed by atoms with Crippen LogP contribution in [0.15, 0.2) is 48.5 Å². The monoisotopic (exact) mass is 265 g/mol. The molecule has 0 aromatic heterocycles. The number of rotatable bonds is 4. The quantitative estimate of drug-likeness (QED) is 0.863. The molecule has 0 unspecified atom stereocenters. The molecule has 0 fully saturated rings. The van der Waals surface area contributed by atoms with E-state index in [4.69, 9.17) is 15.2 Å². The van der Waals surface area contributed by atoms with Crippen LogP contribution in [0.5, 0.6) is 11.5 Å². The van der Waals surface area contributed by atoms with Crippen LogP contribution in [0.2, 0.25) is 0 Å². The third-order valence-electron chi connectivity index (χ3n) is 2.45. The fraction of sp³-hybridized carbons (Fsp3) is 0.143. The lowest BCUT2D eigenvalue weighted by atomic mass is 10.2. The summed E-state index contributed by atoms with van der Waals surface area (Å²) in [6.07, 6.45) is 0. The van der Waals surface area contributed by atoms with E-state index in [1.54, 1.807) is 13.2 Å². The summed E-state index contributed by atoms with van der Waals surface area (Å²) in [7, 11) is 1.61. The highest BCUT2D eigenvalue weighted by Crippen LogP contribution is 2.26. The number of nitrogens with two attached hydrogens (primary N) is 1. The summed E-state index contributed by atoms with van der Waals surface area (Å²) in [5, 5.41) is 0. The predicted octanol–water partition coefficient (Wildman–Crippen LogP) is 3.28. The van der Waals surface area contributed by atoms with Gasteiger partial charge in [0.1, 0.15) is 18.1 Å². The van der Waals surface area contributed by atoms with Gasteiger partial charge < -0.3 is 15.2 Å². The molecule has 0 radical (unpaired) electrons. The molecule has 2 aromatic rings. The van der Waals surface area contributed by atoms with Gasteiger partial charge in [-0.2, -0.15) is 0 Å². The van der Waals surface area contributed by atoms with Gasteiger partial charge in [-0.1, -0.05) is 30.3 Å². The molecule has 0 atom stereocenters. The largest absolute Gasteiger partial charge is 0.497 e. The van der Waals surface area contributed by atoms with Crippen molar-refractivity contribution in [2.45, 2.75) is 6.61 Å². The number of anilines is 1. The second kappa shape index (κ2) is 6.77. The molecule has 2 aromatic carbocycles. The van der Waals surface area contributed by atoms with Crippen molar-refractivity contribution in [2.75, 3.05) is 12.8 Å². The van der Waals surface area contributed by atoms with Crippen molar-refractivity contribution < 1.29 is 9.47 Å². The molecule has 0 aliphatic rings. The Labute approximate surface area is 113 Å². The minimum Gasteiger partial charge on any atom is -0.497 e. The normalized spacial score (nSPS) is 9.39. The Morgan fingerprint density at radius 1 is 1.06 bits per heavy atom. The minimum absolute atomic E-state index is 0. The van der Waals surface area contributed by atoms with E-state index in [0.29, 0.717) is 18.0 Å². The van der Waals surface area contributed by atoms with Crippen molar-refractivity contribution in [3.63, 3.8) is 0 Å². The molecule has 0 saturated heterocycles. The summed E-state index contributed by atoms with van der Waals surface area (Å²) in [4.78, 5) is 0. The molecular weight excluding hydrogens is 250 g/mol. The van der Waals surface area contributed by atoms with Crippen molar-refractivity contribution in [3.05, 3.63) is 54.1 Å². The maximum absolute atomic E-state index is 5.86. The lowest BCUT2D eigenvalue weighted by Gasteiger charge is -2.10. The molecule has 18 heavy (non-hydrogen) atoms. The Morgan fingerprint density at radius 3 is 2.39 bits per heavy atom. The van der Waals surface area contributed by atoms with Crippen LogP contribution in [0.3, 0.4) is 0 Å². The summed E-state index contributed by atoms with van der Waals surface area (Å²) in [6, 6.07) is 15.4. The smallest absolute Gasteiger partial charge is 0.142 e. The zero-order chi connectivity index (χ0) is 12.1. The van der Waals surface area contributed by atoms with Crippen LogP contribution < -0.4 is 15.2 Å². The van der Waals surface area contributed by atoms with Gasteiger partial charge in [-0.3, -0.25) is 0 Å². The average Bonchev–Trinajstić information content (AvgIpc) is 2.38. The lowest BCUT2D eigenvalue weighted by molar-refractivity contribution is 0.307. The lowest BCUT2D eigenvalue weighted by Crippen LogP contribution is -1.98. The zero-order valence-corrected chi connectivity index (χ0v) is 10.9.